The third-order valence-electron chi connectivity index (χ3n) is 5.12. The molecule has 2 aromatic carbocycles. The quantitative estimate of drug-likeness (QED) is 0.791. The van der Waals surface area contributed by atoms with Crippen LogP contribution in [0.4, 0.5) is 5.69 Å². The maximum Gasteiger partial charge on any atom is 0.253 e. The summed E-state index contributed by atoms with van der Waals surface area (Å²) in [5.74, 6) is -0.910. The van der Waals surface area contributed by atoms with Gasteiger partial charge in [0.2, 0.25) is 11.8 Å². The number of rotatable bonds is 6. The number of carbonyl (C=O) groups excluding carboxylic acids is 3. The Labute approximate surface area is 171 Å². The molecule has 3 rings (SSSR count). The zero-order chi connectivity index (χ0) is 21.0. The second kappa shape index (κ2) is 8.90. The number of carbonyl (C=O) groups is 3. The van der Waals surface area contributed by atoms with Gasteiger partial charge in [0.15, 0.2) is 0 Å². The van der Waals surface area contributed by atoms with E-state index in [0.717, 1.165) is 11.1 Å². The fourth-order valence-electron chi connectivity index (χ4n) is 3.53. The average molecular weight is 393 g/mol. The second-order valence-electron chi connectivity index (χ2n) is 7.75. The van der Waals surface area contributed by atoms with Gasteiger partial charge in [0.05, 0.1) is 17.2 Å². The molecular formula is C23H27N3O3. The molecular weight excluding hydrogens is 366 g/mol. The monoisotopic (exact) mass is 393 g/mol. The van der Waals surface area contributed by atoms with Crippen LogP contribution in [0.2, 0.25) is 0 Å². The fraction of sp³-hybridized carbons (Fsp3) is 0.348. The number of anilines is 1. The largest absolute Gasteiger partial charge is 0.348 e. The molecule has 1 saturated heterocycles. The normalized spacial score (nSPS) is 16.2. The van der Waals surface area contributed by atoms with E-state index in [4.69, 9.17) is 0 Å². The van der Waals surface area contributed by atoms with Gasteiger partial charge in [-0.1, -0.05) is 42.0 Å². The first-order valence-corrected chi connectivity index (χ1v) is 9.88. The van der Waals surface area contributed by atoms with Gasteiger partial charge in [0, 0.05) is 25.6 Å². The van der Waals surface area contributed by atoms with E-state index in [2.05, 4.69) is 10.6 Å². The fourth-order valence-corrected chi connectivity index (χ4v) is 3.53. The first-order valence-electron chi connectivity index (χ1n) is 9.88. The first-order chi connectivity index (χ1) is 13.8. The lowest BCUT2D eigenvalue weighted by atomic mass is 10.1. The van der Waals surface area contributed by atoms with Crippen molar-refractivity contribution in [2.45, 2.75) is 39.8 Å². The average Bonchev–Trinajstić information content (AvgIpc) is 3.09. The molecule has 1 atom stereocenters. The smallest absolute Gasteiger partial charge is 0.253 e. The van der Waals surface area contributed by atoms with Gasteiger partial charge < -0.3 is 15.5 Å². The van der Waals surface area contributed by atoms with Crippen LogP contribution in [0.15, 0.2) is 48.5 Å². The highest BCUT2D eigenvalue weighted by atomic mass is 16.2. The molecule has 1 aliphatic heterocycles. The number of hydrogen-bond donors (Lipinski definition) is 2. The third kappa shape index (κ3) is 5.02. The number of benzene rings is 2. The van der Waals surface area contributed by atoms with Crippen LogP contribution in [-0.4, -0.2) is 35.2 Å². The van der Waals surface area contributed by atoms with E-state index in [1.165, 1.54) is 0 Å². The summed E-state index contributed by atoms with van der Waals surface area (Å²) in [5, 5.41) is 5.74. The number of aryl methyl sites for hydroxylation is 1. The molecule has 1 aliphatic rings. The highest BCUT2D eigenvalue weighted by Gasteiger charge is 2.35. The van der Waals surface area contributed by atoms with E-state index in [0.29, 0.717) is 24.3 Å². The Bertz CT molecular complexity index is 923. The van der Waals surface area contributed by atoms with Crippen LogP contribution < -0.4 is 10.6 Å². The summed E-state index contributed by atoms with van der Waals surface area (Å²) in [6.07, 6.45) is 0.200. The molecule has 0 spiro atoms. The number of nitrogens with zero attached hydrogens (tertiary/aromatic N) is 1. The van der Waals surface area contributed by atoms with E-state index in [-0.39, 0.29) is 30.2 Å². The lowest BCUT2D eigenvalue weighted by molar-refractivity contribution is -0.129. The molecule has 0 radical (unpaired) electrons. The highest BCUT2D eigenvalue weighted by molar-refractivity contribution is 6.05. The second-order valence-corrected chi connectivity index (χ2v) is 7.75. The Hall–Kier alpha value is -3.15. The van der Waals surface area contributed by atoms with E-state index in [9.17, 15) is 14.4 Å². The van der Waals surface area contributed by atoms with Gasteiger partial charge in [-0.25, -0.2) is 0 Å². The standard InChI is InChI=1S/C23H27N3O3/c1-15(2)26-14-18(12-21(26)27)22(28)25-20-10-5-4-9-19(20)23(29)24-13-17-8-6-7-16(3)11-17/h4-11,15,18H,12-14H2,1-3H3,(H,24,29)(H,25,28)/t18-/m1/s1. The molecule has 1 fully saturated rings. The summed E-state index contributed by atoms with van der Waals surface area (Å²) in [6.45, 7) is 6.69. The minimum Gasteiger partial charge on any atom is -0.348 e. The summed E-state index contributed by atoms with van der Waals surface area (Å²) >= 11 is 0. The maximum absolute atomic E-state index is 12.7. The molecule has 29 heavy (non-hydrogen) atoms. The van der Waals surface area contributed by atoms with Crippen LogP contribution >= 0.6 is 0 Å². The molecule has 152 valence electrons. The zero-order valence-electron chi connectivity index (χ0n) is 17.1. The predicted octanol–water partition coefficient (Wildman–Crippen LogP) is 3.12. The van der Waals surface area contributed by atoms with Crippen molar-refractivity contribution in [1.29, 1.82) is 0 Å². The topological polar surface area (TPSA) is 78.5 Å². The minimum atomic E-state index is -0.409. The Morgan fingerprint density at radius 3 is 2.59 bits per heavy atom. The lowest BCUT2D eigenvalue weighted by Gasteiger charge is -2.20. The van der Waals surface area contributed by atoms with E-state index in [1.807, 2.05) is 45.0 Å². The first kappa shape index (κ1) is 20.6. The molecule has 0 bridgehead atoms. The molecule has 3 amide bonds. The van der Waals surface area contributed by atoms with Crippen molar-refractivity contribution in [1.82, 2.24) is 10.2 Å². The van der Waals surface area contributed by atoms with Gasteiger partial charge in [0.25, 0.3) is 5.91 Å². The lowest BCUT2D eigenvalue weighted by Crippen LogP contribution is -2.33. The van der Waals surface area contributed by atoms with E-state index >= 15 is 0 Å². The van der Waals surface area contributed by atoms with Gasteiger partial charge >= 0.3 is 0 Å². The molecule has 0 aliphatic carbocycles. The Morgan fingerprint density at radius 1 is 1.14 bits per heavy atom. The highest BCUT2D eigenvalue weighted by Crippen LogP contribution is 2.23. The van der Waals surface area contributed by atoms with Crippen LogP contribution in [0.1, 0.15) is 41.8 Å². The molecule has 0 aromatic heterocycles. The van der Waals surface area contributed by atoms with Gasteiger partial charge in [-0.3, -0.25) is 14.4 Å². The molecule has 6 nitrogen and oxygen atoms in total. The van der Waals surface area contributed by atoms with E-state index in [1.54, 1.807) is 29.2 Å². The molecule has 2 aromatic rings. The summed E-state index contributed by atoms with van der Waals surface area (Å²) in [4.78, 5) is 39.2. The maximum atomic E-state index is 12.7. The van der Waals surface area contributed by atoms with Crippen molar-refractivity contribution in [3.63, 3.8) is 0 Å². The van der Waals surface area contributed by atoms with Crippen LogP contribution in [0.5, 0.6) is 0 Å². The Morgan fingerprint density at radius 2 is 1.90 bits per heavy atom. The third-order valence-corrected chi connectivity index (χ3v) is 5.12. The SMILES string of the molecule is Cc1cccc(CNC(=O)c2ccccc2NC(=O)[C@@H]2CC(=O)N(C(C)C)C2)c1. The predicted molar refractivity (Wildman–Crippen MR) is 112 cm³/mol. The van der Waals surface area contributed by atoms with Crippen molar-refractivity contribution in [2.24, 2.45) is 5.92 Å². The number of hydrogen-bond acceptors (Lipinski definition) is 3. The van der Waals surface area contributed by atoms with Crippen molar-refractivity contribution in [2.75, 3.05) is 11.9 Å². The van der Waals surface area contributed by atoms with Crippen molar-refractivity contribution in [3.8, 4) is 0 Å². The van der Waals surface area contributed by atoms with Crippen molar-refractivity contribution >= 4 is 23.4 Å². The molecule has 0 saturated carbocycles. The van der Waals surface area contributed by atoms with Crippen LogP contribution in [-0.2, 0) is 16.1 Å². The number of nitrogens with one attached hydrogen (secondary N) is 2. The van der Waals surface area contributed by atoms with Crippen molar-refractivity contribution in [3.05, 3.63) is 65.2 Å². The Kier molecular flexibility index (Phi) is 6.32. The summed E-state index contributed by atoms with van der Waals surface area (Å²) in [6, 6.07) is 14.9. The number of likely N-dealkylation sites (tertiary alicyclic amines) is 1. The number of para-hydroxylation sites is 1. The van der Waals surface area contributed by atoms with Gasteiger partial charge in [0.1, 0.15) is 0 Å². The van der Waals surface area contributed by atoms with E-state index < -0.39 is 5.92 Å². The molecule has 2 N–H and O–H groups in total. The summed E-state index contributed by atoms with van der Waals surface area (Å²) < 4.78 is 0. The van der Waals surface area contributed by atoms with Gasteiger partial charge in [-0.05, 0) is 38.5 Å². The molecule has 1 heterocycles. The van der Waals surface area contributed by atoms with Crippen LogP contribution in [0, 0.1) is 12.8 Å². The Balaban J connectivity index is 1.66. The summed E-state index contributed by atoms with van der Waals surface area (Å²) in [5.41, 5.74) is 3.00. The van der Waals surface area contributed by atoms with Crippen molar-refractivity contribution < 1.29 is 14.4 Å². The molecule has 0 unspecified atom stereocenters. The minimum absolute atomic E-state index is 0.00988. The zero-order valence-corrected chi connectivity index (χ0v) is 17.1. The van der Waals surface area contributed by atoms with Crippen LogP contribution in [0.3, 0.4) is 0 Å². The summed E-state index contributed by atoms with van der Waals surface area (Å²) in [7, 11) is 0. The number of amides is 3. The van der Waals surface area contributed by atoms with Crippen LogP contribution in [0.25, 0.3) is 0 Å². The molecule has 6 heteroatoms. The van der Waals surface area contributed by atoms with Gasteiger partial charge in [-0.2, -0.15) is 0 Å². The van der Waals surface area contributed by atoms with Gasteiger partial charge in [-0.15, -0.1) is 0 Å².